The van der Waals surface area contributed by atoms with Gasteiger partial charge in [0.25, 0.3) is 0 Å². The van der Waals surface area contributed by atoms with E-state index in [0.29, 0.717) is 0 Å². The molecule has 0 aliphatic rings. The van der Waals surface area contributed by atoms with E-state index in [1.54, 1.807) is 0 Å². The van der Waals surface area contributed by atoms with E-state index in [4.69, 9.17) is 4.42 Å². The molecule has 1 aromatic heterocycles. The van der Waals surface area contributed by atoms with E-state index in [-0.39, 0.29) is 5.54 Å². The van der Waals surface area contributed by atoms with Gasteiger partial charge in [-0.1, -0.05) is 0 Å². The maximum atomic E-state index is 5.47. The Hall–Kier alpha value is -0.800. The molecular formula is C11H20N2O. The first-order valence-corrected chi connectivity index (χ1v) is 4.98. The normalized spacial score (nSPS) is 12.0. The zero-order chi connectivity index (χ0) is 10.6. The van der Waals surface area contributed by atoms with Crippen LogP contribution in [0.25, 0.3) is 0 Å². The summed E-state index contributed by atoms with van der Waals surface area (Å²) in [6, 6.07) is 4.00. The van der Waals surface area contributed by atoms with Crippen molar-refractivity contribution in [3.05, 3.63) is 23.7 Å². The Kier molecular flexibility index (Phi) is 3.72. The summed E-state index contributed by atoms with van der Waals surface area (Å²) in [5.74, 6) is 1.96. The van der Waals surface area contributed by atoms with E-state index in [2.05, 4.69) is 24.5 Å². The monoisotopic (exact) mass is 196 g/mol. The van der Waals surface area contributed by atoms with Gasteiger partial charge in [0.15, 0.2) is 0 Å². The molecule has 2 N–H and O–H groups in total. The van der Waals surface area contributed by atoms with Crippen LogP contribution in [-0.2, 0) is 6.54 Å². The van der Waals surface area contributed by atoms with Crippen LogP contribution in [0.1, 0.15) is 25.4 Å². The van der Waals surface area contributed by atoms with Crippen LogP contribution in [0.3, 0.4) is 0 Å². The van der Waals surface area contributed by atoms with Crippen LogP contribution in [0.4, 0.5) is 0 Å². The molecule has 0 spiro atoms. The predicted molar refractivity (Wildman–Crippen MR) is 58.3 cm³/mol. The van der Waals surface area contributed by atoms with Gasteiger partial charge in [0.2, 0.25) is 0 Å². The summed E-state index contributed by atoms with van der Waals surface area (Å²) in [5.41, 5.74) is 0.0927. The second-order valence-electron chi connectivity index (χ2n) is 4.28. The fourth-order valence-corrected chi connectivity index (χ4v) is 1.41. The zero-order valence-corrected chi connectivity index (χ0v) is 9.48. The van der Waals surface area contributed by atoms with Crippen molar-refractivity contribution in [2.24, 2.45) is 0 Å². The molecule has 3 heteroatoms. The van der Waals surface area contributed by atoms with Gasteiger partial charge in [0.05, 0.1) is 6.54 Å². The molecule has 0 radical (unpaired) electrons. The molecule has 0 aliphatic heterocycles. The van der Waals surface area contributed by atoms with E-state index in [1.165, 1.54) is 0 Å². The van der Waals surface area contributed by atoms with Gasteiger partial charge >= 0.3 is 0 Å². The van der Waals surface area contributed by atoms with E-state index < -0.39 is 0 Å². The molecule has 0 aromatic carbocycles. The lowest BCUT2D eigenvalue weighted by Crippen LogP contribution is -2.46. The molecule has 80 valence electrons. The Morgan fingerprint density at radius 3 is 2.57 bits per heavy atom. The van der Waals surface area contributed by atoms with Crippen LogP contribution < -0.4 is 10.6 Å². The molecule has 0 fully saturated rings. The van der Waals surface area contributed by atoms with Gasteiger partial charge in [-0.3, -0.25) is 0 Å². The summed E-state index contributed by atoms with van der Waals surface area (Å²) >= 11 is 0. The lowest BCUT2D eigenvalue weighted by molar-refractivity contribution is 0.349. The molecule has 0 bridgehead atoms. The molecule has 0 amide bonds. The maximum Gasteiger partial charge on any atom is 0.117 e. The van der Waals surface area contributed by atoms with Crippen LogP contribution in [-0.4, -0.2) is 19.1 Å². The highest BCUT2D eigenvalue weighted by molar-refractivity contribution is 5.05. The first-order chi connectivity index (χ1) is 6.53. The van der Waals surface area contributed by atoms with Crippen molar-refractivity contribution in [1.82, 2.24) is 10.6 Å². The standard InChI is InChI=1S/C11H20N2O/c1-9-5-6-10(14-9)7-13-11(2,3)8-12-4/h5-6,12-13H,7-8H2,1-4H3. The maximum absolute atomic E-state index is 5.47. The fourth-order valence-electron chi connectivity index (χ4n) is 1.41. The number of nitrogens with one attached hydrogen (secondary N) is 2. The molecule has 0 aliphatic carbocycles. The van der Waals surface area contributed by atoms with Crippen LogP contribution in [0.2, 0.25) is 0 Å². The van der Waals surface area contributed by atoms with Gasteiger partial charge in [0.1, 0.15) is 11.5 Å². The smallest absolute Gasteiger partial charge is 0.117 e. The van der Waals surface area contributed by atoms with Crippen LogP contribution in [0.5, 0.6) is 0 Å². The number of hydrogen-bond donors (Lipinski definition) is 2. The van der Waals surface area contributed by atoms with Crippen molar-refractivity contribution < 1.29 is 4.42 Å². The van der Waals surface area contributed by atoms with E-state index in [1.807, 2.05) is 26.1 Å². The van der Waals surface area contributed by atoms with Gasteiger partial charge in [-0.2, -0.15) is 0 Å². The summed E-state index contributed by atoms with van der Waals surface area (Å²) in [5, 5.41) is 6.59. The van der Waals surface area contributed by atoms with Gasteiger partial charge in [-0.05, 0) is 40.0 Å². The first-order valence-electron chi connectivity index (χ1n) is 4.98. The summed E-state index contributed by atoms with van der Waals surface area (Å²) in [4.78, 5) is 0. The van der Waals surface area contributed by atoms with Crippen molar-refractivity contribution in [3.8, 4) is 0 Å². The molecular weight excluding hydrogens is 176 g/mol. The fraction of sp³-hybridized carbons (Fsp3) is 0.636. The summed E-state index contributed by atoms with van der Waals surface area (Å²) < 4.78 is 5.47. The van der Waals surface area contributed by atoms with Crippen molar-refractivity contribution >= 4 is 0 Å². The Morgan fingerprint density at radius 1 is 1.36 bits per heavy atom. The summed E-state index contributed by atoms with van der Waals surface area (Å²) in [7, 11) is 1.96. The minimum absolute atomic E-state index is 0.0927. The van der Waals surface area contributed by atoms with Gasteiger partial charge in [-0.25, -0.2) is 0 Å². The van der Waals surface area contributed by atoms with Gasteiger partial charge in [-0.15, -0.1) is 0 Å². The highest BCUT2D eigenvalue weighted by Crippen LogP contribution is 2.08. The topological polar surface area (TPSA) is 37.2 Å². The van der Waals surface area contributed by atoms with Crippen LogP contribution in [0.15, 0.2) is 16.5 Å². The average Bonchev–Trinajstić information content (AvgIpc) is 2.48. The van der Waals surface area contributed by atoms with Gasteiger partial charge < -0.3 is 15.1 Å². The predicted octanol–water partition coefficient (Wildman–Crippen LogP) is 1.68. The SMILES string of the molecule is CNCC(C)(C)NCc1ccc(C)o1. The zero-order valence-electron chi connectivity index (χ0n) is 9.48. The number of hydrogen-bond acceptors (Lipinski definition) is 3. The third-order valence-electron chi connectivity index (χ3n) is 2.16. The highest BCUT2D eigenvalue weighted by atomic mass is 16.3. The number of likely N-dealkylation sites (N-methyl/N-ethyl adjacent to an activating group) is 1. The molecule has 1 heterocycles. The number of furan rings is 1. The molecule has 0 atom stereocenters. The van der Waals surface area contributed by atoms with E-state index >= 15 is 0 Å². The quantitative estimate of drug-likeness (QED) is 0.752. The van der Waals surface area contributed by atoms with Gasteiger partial charge in [0, 0.05) is 12.1 Å². The molecule has 0 saturated heterocycles. The average molecular weight is 196 g/mol. The van der Waals surface area contributed by atoms with Crippen molar-refractivity contribution in [1.29, 1.82) is 0 Å². The number of aryl methyl sites for hydroxylation is 1. The molecule has 0 saturated carbocycles. The summed E-state index contributed by atoms with van der Waals surface area (Å²) in [6.07, 6.45) is 0. The lowest BCUT2D eigenvalue weighted by atomic mass is 10.1. The Labute approximate surface area is 85.9 Å². The van der Waals surface area contributed by atoms with Crippen LogP contribution in [0, 0.1) is 6.92 Å². The molecule has 1 rings (SSSR count). The minimum atomic E-state index is 0.0927. The minimum Gasteiger partial charge on any atom is -0.465 e. The van der Waals surface area contributed by atoms with Crippen molar-refractivity contribution in [2.45, 2.75) is 32.9 Å². The second kappa shape index (κ2) is 4.62. The Bertz CT molecular complexity index is 279. The van der Waals surface area contributed by atoms with Crippen LogP contribution >= 0.6 is 0 Å². The highest BCUT2D eigenvalue weighted by Gasteiger charge is 2.15. The molecule has 3 nitrogen and oxygen atoms in total. The lowest BCUT2D eigenvalue weighted by Gasteiger charge is -2.25. The van der Waals surface area contributed by atoms with Crippen molar-refractivity contribution in [2.75, 3.05) is 13.6 Å². The number of rotatable bonds is 5. The van der Waals surface area contributed by atoms with E-state index in [9.17, 15) is 0 Å². The Morgan fingerprint density at radius 2 is 2.07 bits per heavy atom. The molecule has 0 unspecified atom stereocenters. The summed E-state index contributed by atoms with van der Waals surface area (Å²) in [6.45, 7) is 8.01. The third-order valence-corrected chi connectivity index (χ3v) is 2.16. The Balaban J connectivity index is 2.40. The second-order valence-corrected chi connectivity index (χ2v) is 4.28. The third kappa shape index (κ3) is 3.52. The molecule has 1 aromatic rings. The first kappa shape index (κ1) is 11.3. The molecule has 14 heavy (non-hydrogen) atoms. The van der Waals surface area contributed by atoms with Crippen molar-refractivity contribution in [3.63, 3.8) is 0 Å². The van der Waals surface area contributed by atoms with E-state index in [0.717, 1.165) is 24.6 Å². The largest absolute Gasteiger partial charge is 0.465 e.